The van der Waals surface area contributed by atoms with Crippen molar-refractivity contribution in [2.45, 2.75) is 20.4 Å². The van der Waals surface area contributed by atoms with Gasteiger partial charge in [-0.1, -0.05) is 23.7 Å². The molecule has 158 valence electrons. The Bertz CT molecular complexity index is 1430. The summed E-state index contributed by atoms with van der Waals surface area (Å²) < 4.78 is 4.18. The van der Waals surface area contributed by atoms with Crippen LogP contribution < -0.4 is 16.6 Å². The van der Waals surface area contributed by atoms with Crippen molar-refractivity contribution >= 4 is 34.2 Å². The number of carbonyl (C=O) groups excluding carboxylic acids is 1. The van der Waals surface area contributed by atoms with Crippen molar-refractivity contribution < 1.29 is 4.79 Å². The molecule has 0 fully saturated rings. The molecule has 0 aliphatic heterocycles. The number of fused-ring (bicyclic) bond motifs is 1. The van der Waals surface area contributed by atoms with Crippen molar-refractivity contribution in [2.75, 3.05) is 5.32 Å². The maximum Gasteiger partial charge on any atom is 0.336 e. The minimum atomic E-state index is -0.569. The molecule has 4 aromatic rings. The van der Waals surface area contributed by atoms with Crippen molar-refractivity contribution in [2.24, 2.45) is 7.05 Å². The lowest BCUT2D eigenvalue weighted by Gasteiger charge is -2.13. The van der Waals surface area contributed by atoms with Crippen LogP contribution in [0.15, 0.2) is 64.2 Å². The number of hydrogen-bond acceptors (Lipinski definition) is 3. The molecular formula is C23H21ClN4O3. The highest BCUT2D eigenvalue weighted by Gasteiger charge is 2.20. The molecule has 0 saturated heterocycles. The van der Waals surface area contributed by atoms with E-state index in [0.717, 1.165) is 15.8 Å². The summed E-state index contributed by atoms with van der Waals surface area (Å²) in [7, 11) is 1.77. The van der Waals surface area contributed by atoms with Gasteiger partial charge < -0.3 is 9.88 Å². The lowest BCUT2D eigenvalue weighted by Crippen LogP contribution is -2.41. The lowest BCUT2D eigenvalue weighted by atomic mass is 10.2. The zero-order chi connectivity index (χ0) is 22.3. The maximum atomic E-state index is 13.4. The zero-order valence-corrected chi connectivity index (χ0v) is 18.1. The molecule has 0 atom stereocenters. The van der Waals surface area contributed by atoms with Crippen LogP contribution in [0.4, 0.5) is 5.69 Å². The van der Waals surface area contributed by atoms with Gasteiger partial charge in [-0.15, -0.1) is 0 Å². The van der Waals surface area contributed by atoms with Gasteiger partial charge >= 0.3 is 5.69 Å². The van der Waals surface area contributed by atoms with Crippen LogP contribution >= 0.6 is 11.6 Å². The van der Waals surface area contributed by atoms with Crippen molar-refractivity contribution in [1.29, 1.82) is 0 Å². The number of benzene rings is 2. The molecule has 7 nitrogen and oxygen atoms in total. The van der Waals surface area contributed by atoms with E-state index in [4.69, 9.17) is 11.6 Å². The summed E-state index contributed by atoms with van der Waals surface area (Å²) in [6, 6.07) is 15.6. The molecule has 2 aromatic carbocycles. The van der Waals surface area contributed by atoms with E-state index in [9.17, 15) is 14.4 Å². The van der Waals surface area contributed by atoms with Gasteiger partial charge in [0.25, 0.3) is 5.56 Å². The number of nitrogens with zero attached hydrogens (tertiary/aromatic N) is 3. The van der Waals surface area contributed by atoms with E-state index in [2.05, 4.69) is 5.32 Å². The summed E-state index contributed by atoms with van der Waals surface area (Å²) in [6.45, 7) is 3.49. The second-order valence-electron chi connectivity index (χ2n) is 7.48. The van der Waals surface area contributed by atoms with E-state index >= 15 is 0 Å². The second-order valence-corrected chi connectivity index (χ2v) is 7.92. The molecule has 2 aromatic heterocycles. The molecule has 0 saturated carbocycles. The van der Waals surface area contributed by atoms with E-state index < -0.39 is 11.2 Å². The van der Waals surface area contributed by atoms with E-state index in [1.165, 1.54) is 4.57 Å². The van der Waals surface area contributed by atoms with Gasteiger partial charge in [-0.25, -0.2) is 9.36 Å². The number of anilines is 1. The molecule has 0 aliphatic rings. The van der Waals surface area contributed by atoms with Gasteiger partial charge in [-0.2, -0.15) is 0 Å². The molecule has 0 spiro atoms. The van der Waals surface area contributed by atoms with Gasteiger partial charge in [0.1, 0.15) is 12.1 Å². The first kappa shape index (κ1) is 20.7. The lowest BCUT2D eigenvalue weighted by molar-refractivity contribution is -0.116. The predicted molar refractivity (Wildman–Crippen MR) is 122 cm³/mol. The van der Waals surface area contributed by atoms with Crippen LogP contribution in [0.2, 0.25) is 5.02 Å². The average Bonchev–Trinajstić information content (AvgIpc) is 3.02. The first-order valence-corrected chi connectivity index (χ1v) is 10.1. The number of amides is 1. The summed E-state index contributed by atoms with van der Waals surface area (Å²) in [5.74, 6) is -0.387. The summed E-state index contributed by atoms with van der Waals surface area (Å²) in [5, 5.41) is 3.32. The summed E-state index contributed by atoms with van der Waals surface area (Å²) in [5.41, 5.74) is 2.54. The van der Waals surface area contributed by atoms with Gasteiger partial charge in [0, 0.05) is 23.5 Å². The number of carbonyl (C=O) groups is 1. The maximum absolute atomic E-state index is 13.4. The number of halogens is 1. The highest BCUT2D eigenvalue weighted by atomic mass is 35.5. The Kier molecular flexibility index (Phi) is 5.29. The van der Waals surface area contributed by atoms with E-state index in [1.807, 2.05) is 19.9 Å². The average molecular weight is 437 g/mol. The Morgan fingerprint density at radius 3 is 2.42 bits per heavy atom. The standard InChI is InChI=1S/C23H21ClN4O3/c1-14-5-4-6-18(11-14)28-22(30)21-19(12-15(2)26(21)3)27(23(28)31)13-20(29)25-17-9-7-16(24)8-10-17/h4-12H,13H2,1-3H3,(H,25,29). The quantitative estimate of drug-likeness (QED) is 0.532. The van der Waals surface area contributed by atoms with Gasteiger partial charge in [0.15, 0.2) is 0 Å². The highest BCUT2D eigenvalue weighted by Crippen LogP contribution is 2.17. The Hall–Kier alpha value is -3.58. The van der Waals surface area contributed by atoms with Crippen LogP contribution in [0.25, 0.3) is 16.7 Å². The zero-order valence-electron chi connectivity index (χ0n) is 17.3. The Morgan fingerprint density at radius 1 is 1.03 bits per heavy atom. The highest BCUT2D eigenvalue weighted by molar-refractivity contribution is 6.30. The molecule has 0 aliphatic carbocycles. The number of hydrogen-bond donors (Lipinski definition) is 1. The number of rotatable bonds is 4. The number of nitrogens with one attached hydrogen (secondary N) is 1. The fourth-order valence-electron chi connectivity index (χ4n) is 3.61. The predicted octanol–water partition coefficient (Wildman–Crippen LogP) is 3.40. The largest absolute Gasteiger partial charge is 0.342 e. The molecule has 0 bridgehead atoms. The van der Waals surface area contributed by atoms with E-state index in [-0.39, 0.29) is 12.5 Å². The molecule has 2 heterocycles. The number of aromatic nitrogens is 3. The van der Waals surface area contributed by atoms with Crippen LogP contribution in [0.3, 0.4) is 0 Å². The van der Waals surface area contributed by atoms with Crippen molar-refractivity contribution in [1.82, 2.24) is 13.7 Å². The van der Waals surface area contributed by atoms with Crippen molar-refractivity contribution in [3.05, 3.63) is 91.7 Å². The smallest absolute Gasteiger partial charge is 0.336 e. The van der Waals surface area contributed by atoms with E-state index in [0.29, 0.717) is 27.4 Å². The number of aryl methyl sites for hydroxylation is 3. The molecule has 0 radical (unpaired) electrons. The third-order valence-corrected chi connectivity index (χ3v) is 5.51. The fraction of sp³-hybridized carbons (Fsp3) is 0.174. The summed E-state index contributed by atoms with van der Waals surface area (Å²) >= 11 is 5.89. The molecule has 8 heteroatoms. The van der Waals surface area contributed by atoms with Crippen LogP contribution in [0.1, 0.15) is 11.3 Å². The SMILES string of the molecule is Cc1cccc(-n2c(=O)c3c(cc(C)n3C)n(CC(=O)Nc3ccc(Cl)cc3)c2=O)c1. The summed E-state index contributed by atoms with van der Waals surface area (Å²) in [4.78, 5) is 39.4. The monoisotopic (exact) mass is 436 g/mol. The van der Waals surface area contributed by atoms with Crippen LogP contribution in [-0.4, -0.2) is 19.6 Å². The fourth-order valence-corrected chi connectivity index (χ4v) is 3.74. The molecule has 31 heavy (non-hydrogen) atoms. The van der Waals surface area contributed by atoms with Crippen LogP contribution in [-0.2, 0) is 18.4 Å². The Balaban J connectivity index is 1.87. The molecular weight excluding hydrogens is 416 g/mol. The first-order valence-electron chi connectivity index (χ1n) is 9.70. The van der Waals surface area contributed by atoms with Gasteiger partial charge in [0.05, 0.1) is 11.2 Å². The van der Waals surface area contributed by atoms with Crippen molar-refractivity contribution in [3.63, 3.8) is 0 Å². The topological polar surface area (TPSA) is 78.0 Å². The third-order valence-electron chi connectivity index (χ3n) is 5.26. The van der Waals surface area contributed by atoms with Gasteiger partial charge in [-0.3, -0.25) is 14.2 Å². The molecule has 4 rings (SSSR count). The van der Waals surface area contributed by atoms with Gasteiger partial charge in [0.2, 0.25) is 5.91 Å². The minimum Gasteiger partial charge on any atom is -0.342 e. The summed E-state index contributed by atoms with van der Waals surface area (Å²) in [6.07, 6.45) is 0. The van der Waals surface area contributed by atoms with Gasteiger partial charge in [-0.05, 0) is 61.9 Å². The Morgan fingerprint density at radius 2 is 1.74 bits per heavy atom. The first-order chi connectivity index (χ1) is 14.8. The molecule has 1 N–H and O–H groups in total. The van der Waals surface area contributed by atoms with E-state index in [1.54, 1.807) is 60.1 Å². The minimum absolute atomic E-state index is 0.243. The second kappa shape index (κ2) is 7.92. The Labute approximate surface area is 183 Å². The van der Waals surface area contributed by atoms with Crippen LogP contribution in [0, 0.1) is 13.8 Å². The normalized spacial score (nSPS) is 11.1. The van der Waals surface area contributed by atoms with Crippen molar-refractivity contribution in [3.8, 4) is 5.69 Å². The molecule has 0 unspecified atom stereocenters. The third kappa shape index (κ3) is 3.80. The molecule has 1 amide bonds. The van der Waals surface area contributed by atoms with Crippen LogP contribution in [0.5, 0.6) is 0 Å².